The highest BCUT2D eigenvalue weighted by atomic mass is 31.3. The van der Waals surface area contributed by atoms with Crippen LogP contribution in [0, 0.1) is 17.8 Å². The second-order valence-electron chi connectivity index (χ2n) is 12.9. The number of phosphoric ester groups is 2. The van der Waals surface area contributed by atoms with Crippen LogP contribution in [-0.2, 0) is 53.4 Å². The van der Waals surface area contributed by atoms with E-state index in [0.717, 1.165) is 53.8 Å². The number of rotatable bonds is 14. The van der Waals surface area contributed by atoms with Gasteiger partial charge in [0.25, 0.3) is 5.56 Å². The summed E-state index contributed by atoms with van der Waals surface area (Å²) in [6.07, 6.45) is -5.73. The Morgan fingerprint density at radius 3 is 2.26 bits per heavy atom. The fourth-order valence-electron chi connectivity index (χ4n) is 5.87. The van der Waals surface area contributed by atoms with E-state index in [1.54, 1.807) is 30.3 Å². The molecule has 1 aliphatic carbocycles. The molecular formula is C33H37F3N3O15P3. The number of phosphoric acid groups is 3. The third-order valence-corrected chi connectivity index (χ3v) is 12.8. The van der Waals surface area contributed by atoms with Gasteiger partial charge < -0.3 is 24.2 Å². The Labute approximate surface area is 322 Å². The molecule has 0 spiro atoms. The van der Waals surface area contributed by atoms with Gasteiger partial charge in [0, 0.05) is 24.7 Å². The van der Waals surface area contributed by atoms with Crippen LogP contribution < -0.4 is 16.6 Å². The van der Waals surface area contributed by atoms with Crippen LogP contribution in [0.4, 0.5) is 23.7 Å². The van der Waals surface area contributed by atoms with Crippen LogP contribution in [0.5, 0.6) is 0 Å². The van der Waals surface area contributed by atoms with E-state index in [1.807, 2.05) is 0 Å². The molecule has 24 heteroatoms. The first kappa shape index (κ1) is 44.2. The van der Waals surface area contributed by atoms with Gasteiger partial charge in [-0.05, 0) is 42.5 Å². The summed E-state index contributed by atoms with van der Waals surface area (Å²) in [5, 5.41) is 2.11. The van der Waals surface area contributed by atoms with Crippen molar-refractivity contribution in [2.24, 2.45) is 5.92 Å². The summed E-state index contributed by atoms with van der Waals surface area (Å²) in [5.74, 6) is 5.33. The zero-order valence-electron chi connectivity index (χ0n) is 29.6. The molecule has 5 N–H and O–H groups in total. The number of aromatic nitrogens is 2. The first-order valence-electron chi connectivity index (χ1n) is 17.2. The minimum atomic E-state index is -5.85. The van der Waals surface area contributed by atoms with Crippen LogP contribution in [0.25, 0.3) is 0 Å². The number of amides is 1. The Morgan fingerprint density at radius 2 is 1.60 bits per heavy atom. The molecule has 6 atom stereocenters. The summed E-state index contributed by atoms with van der Waals surface area (Å²) in [7, 11) is -16.8. The lowest BCUT2D eigenvalue weighted by Gasteiger charge is -2.23. The molecule has 0 bridgehead atoms. The Bertz CT molecular complexity index is 2220. The molecule has 310 valence electrons. The molecule has 1 amide bonds. The highest BCUT2D eigenvalue weighted by molar-refractivity contribution is 7.66. The summed E-state index contributed by atoms with van der Waals surface area (Å²) in [4.78, 5) is 70.6. The summed E-state index contributed by atoms with van der Waals surface area (Å²) in [6, 6.07) is 12.5. The van der Waals surface area contributed by atoms with Crippen molar-refractivity contribution >= 4 is 35.2 Å². The lowest BCUT2D eigenvalue weighted by atomic mass is 9.90. The van der Waals surface area contributed by atoms with Crippen LogP contribution in [0.3, 0.4) is 0 Å². The first-order valence-corrected chi connectivity index (χ1v) is 21.6. The van der Waals surface area contributed by atoms with Crippen molar-refractivity contribution in [1.82, 2.24) is 9.55 Å². The van der Waals surface area contributed by atoms with E-state index in [9.17, 15) is 55.9 Å². The number of carbonyl (C=O) groups excluding carboxylic acids is 1. The minimum absolute atomic E-state index is 0.127. The van der Waals surface area contributed by atoms with Crippen molar-refractivity contribution in [1.29, 1.82) is 0 Å². The molecule has 2 aliphatic rings. The number of hydrogen-bond donors (Lipinski definition) is 5. The highest BCUT2D eigenvalue weighted by Gasteiger charge is 2.45. The van der Waals surface area contributed by atoms with Crippen molar-refractivity contribution in [2.75, 3.05) is 18.5 Å². The number of ether oxygens (including phenoxy) is 2. The van der Waals surface area contributed by atoms with Gasteiger partial charge in [0.1, 0.15) is 24.0 Å². The Kier molecular flexibility index (Phi) is 14.6. The molecule has 2 heterocycles. The Morgan fingerprint density at radius 1 is 0.930 bits per heavy atom. The molecule has 1 saturated heterocycles. The zero-order chi connectivity index (χ0) is 41.4. The van der Waals surface area contributed by atoms with Gasteiger partial charge in [-0.3, -0.25) is 28.7 Å². The number of nitrogens with one attached hydrogen (secondary N) is 2. The fourth-order valence-corrected chi connectivity index (χ4v) is 9.46. The van der Waals surface area contributed by atoms with E-state index in [1.165, 1.54) is 0 Å². The third kappa shape index (κ3) is 13.6. The summed E-state index contributed by atoms with van der Waals surface area (Å²) >= 11 is 0. The Balaban J connectivity index is 1.30. The van der Waals surface area contributed by atoms with Gasteiger partial charge in [-0.15, -0.1) is 0 Å². The van der Waals surface area contributed by atoms with E-state index in [2.05, 4.69) is 30.8 Å². The first-order chi connectivity index (χ1) is 26.8. The number of carbonyl (C=O) groups is 1. The number of alkyl halides is 3. The standard InChI is InChI=1S/C33H37F3N3O15P3/c34-33(35,36)25-15-8-16-26(17-25)37-32(42)52-27-18-29(39-19-24(30(40)38-31(39)41)14-7-13-22-9-3-1-4-10-22)51-28(27)21-50-56(45,46)54-57(47,48)53-55(43,44)49-20-23-11-5-2-6-12-23/h1,3-4,8-10,15-17,19,23,27-29H,2,5-6,11-13,18,20-21H2,(H,37,42)(H,43,44)(H,45,46)(H,47,48)(H,38,40,41)/t27?,28-,29-/m1/s1. The van der Waals surface area contributed by atoms with Crippen molar-refractivity contribution in [3.63, 3.8) is 0 Å². The van der Waals surface area contributed by atoms with Crippen LogP contribution in [0.15, 0.2) is 70.4 Å². The van der Waals surface area contributed by atoms with Gasteiger partial charge in [-0.2, -0.15) is 21.8 Å². The van der Waals surface area contributed by atoms with Crippen LogP contribution >= 0.6 is 23.5 Å². The zero-order valence-corrected chi connectivity index (χ0v) is 32.3. The second kappa shape index (κ2) is 18.8. The molecule has 2 aromatic carbocycles. The number of hydrogen-bond acceptors (Lipinski definition) is 12. The third-order valence-electron chi connectivity index (χ3n) is 8.52. The van der Waals surface area contributed by atoms with E-state index >= 15 is 0 Å². The van der Waals surface area contributed by atoms with Crippen LogP contribution in [-0.4, -0.2) is 55.7 Å². The quantitative estimate of drug-likeness (QED) is 0.0920. The molecule has 1 saturated carbocycles. The number of aromatic amines is 1. The number of anilines is 1. The monoisotopic (exact) mass is 865 g/mol. The molecule has 18 nitrogen and oxygen atoms in total. The van der Waals surface area contributed by atoms with E-state index in [0.29, 0.717) is 18.9 Å². The predicted octanol–water partition coefficient (Wildman–Crippen LogP) is 6.00. The lowest BCUT2D eigenvalue weighted by Crippen LogP contribution is -2.33. The van der Waals surface area contributed by atoms with Crippen LogP contribution in [0.2, 0.25) is 0 Å². The lowest BCUT2D eigenvalue weighted by molar-refractivity contribution is -0.137. The highest BCUT2D eigenvalue weighted by Crippen LogP contribution is 2.68. The van der Waals surface area contributed by atoms with Gasteiger partial charge in [-0.1, -0.05) is 67.5 Å². The van der Waals surface area contributed by atoms with Crippen molar-refractivity contribution in [3.8, 4) is 11.8 Å². The van der Waals surface area contributed by atoms with Gasteiger partial charge in [0.05, 0.1) is 18.8 Å². The molecule has 1 aliphatic heterocycles. The average molecular weight is 866 g/mol. The molecular weight excluding hydrogens is 828 g/mol. The second-order valence-corrected chi connectivity index (χ2v) is 17.5. The smallest absolute Gasteiger partial charge is 0.443 e. The molecule has 5 rings (SSSR count). The van der Waals surface area contributed by atoms with E-state index in [-0.39, 0.29) is 30.2 Å². The maximum atomic E-state index is 13.2. The van der Waals surface area contributed by atoms with Gasteiger partial charge in [-0.25, -0.2) is 23.3 Å². The van der Waals surface area contributed by atoms with Gasteiger partial charge in [0.2, 0.25) is 0 Å². The topological polar surface area (TPSA) is 251 Å². The summed E-state index contributed by atoms with van der Waals surface area (Å²) in [6.45, 7) is -1.40. The molecule has 2 fully saturated rings. The minimum Gasteiger partial charge on any atom is -0.443 e. The van der Waals surface area contributed by atoms with Crippen molar-refractivity contribution in [2.45, 2.75) is 69.6 Å². The van der Waals surface area contributed by atoms with Gasteiger partial charge in [0.15, 0.2) is 0 Å². The molecule has 4 unspecified atom stereocenters. The maximum absolute atomic E-state index is 13.2. The largest absolute Gasteiger partial charge is 0.490 e. The number of nitrogens with zero attached hydrogens (tertiary/aromatic N) is 1. The molecule has 0 radical (unpaired) electrons. The Hall–Kier alpha value is -3.89. The summed E-state index contributed by atoms with van der Waals surface area (Å²) in [5.41, 5.74) is -2.62. The van der Waals surface area contributed by atoms with Gasteiger partial charge >= 0.3 is 41.4 Å². The maximum Gasteiger partial charge on any atom is 0.490 e. The SMILES string of the molecule is O=C(Nc1cccc(C(F)(F)F)c1)OC1C[C@H](n2cc(C#CCc3ccccc3)c(=O)[nH]c2=O)O[C@@H]1COP(=O)(O)OP(=O)(O)OP(=O)(O)OCC1CCCCC1. The normalized spacial score (nSPS) is 22.0. The molecule has 57 heavy (non-hydrogen) atoms. The van der Waals surface area contributed by atoms with Crippen LogP contribution in [0.1, 0.15) is 61.4 Å². The van der Waals surface area contributed by atoms with Crippen molar-refractivity contribution < 1.29 is 73.5 Å². The number of H-pyrrole nitrogens is 1. The number of halogens is 3. The fraction of sp³-hybridized carbons (Fsp3) is 0.424. The van der Waals surface area contributed by atoms with Crippen molar-refractivity contribution in [3.05, 3.63) is 98.3 Å². The van der Waals surface area contributed by atoms with E-state index in [4.69, 9.17) is 18.5 Å². The predicted molar refractivity (Wildman–Crippen MR) is 192 cm³/mol. The average Bonchev–Trinajstić information content (AvgIpc) is 3.52. The molecule has 3 aromatic rings. The number of benzene rings is 2. The summed E-state index contributed by atoms with van der Waals surface area (Å²) < 4.78 is 107. The van der Waals surface area contributed by atoms with E-state index < -0.39 is 84.0 Å². The molecule has 1 aromatic heterocycles.